The molecule has 1 atom stereocenters. The second kappa shape index (κ2) is 6.58. The van der Waals surface area contributed by atoms with E-state index in [4.69, 9.17) is 4.74 Å². The molecule has 1 aliphatic carbocycles. The highest BCUT2D eigenvalue weighted by molar-refractivity contribution is 7.12. The molecule has 0 spiro atoms. The van der Waals surface area contributed by atoms with E-state index in [0.717, 1.165) is 12.3 Å². The van der Waals surface area contributed by atoms with E-state index in [0.29, 0.717) is 0 Å². The molecule has 3 rings (SSSR count). The lowest BCUT2D eigenvalue weighted by atomic mass is 9.98. The normalized spacial score (nSPS) is 15.5. The molecule has 2 aromatic rings. The van der Waals surface area contributed by atoms with Crippen LogP contribution in [-0.4, -0.2) is 18.6 Å². The minimum atomic E-state index is 0.216. The molecule has 1 unspecified atom stereocenters. The number of hydrogen-bond donors (Lipinski definition) is 1. The molecule has 2 heterocycles. The van der Waals surface area contributed by atoms with Crippen LogP contribution in [0.3, 0.4) is 0 Å². The molecular formula is C17H22N2OS. The van der Waals surface area contributed by atoms with Crippen molar-refractivity contribution < 1.29 is 4.74 Å². The number of hydrogen-bond acceptors (Lipinski definition) is 4. The first-order valence-electron chi connectivity index (χ1n) is 7.65. The molecule has 1 N–H and O–H groups in total. The van der Waals surface area contributed by atoms with E-state index >= 15 is 0 Å². The zero-order chi connectivity index (χ0) is 14.7. The number of aryl methyl sites for hydroxylation is 2. The lowest BCUT2D eigenvalue weighted by Crippen LogP contribution is -2.21. The second-order valence-corrected chi connectivity index (χ2v) is 6.62. The Morgan fingerprint density at radius 3 is 2.90 bits per heavy atom. The van der Waals surface area contributed by atoms with Gasteiger partial charge in [-0.1, -0.05) is 6.92 Å². The number of aromatic nitrogens is 1. The van der Waals surface area contributed by atoms with Crippen molar-refractivity contribution in [2.45, 2.75) is 38.6 Å². The molecule has 112 valence electrons. The Morgan fingerprint density at radius 1 is 1.29 bits per heavy atom. The zero-order valence-electron chi connectivity index (χ0n) is 12.7. The largest absolute Gasteiger partial charge is 0.495 e. The summed E-state index contributed by atoms with van der Waals surface area (Å²) in [6, 6.07) is 4.69. The third-order valence-corrected chi connectivity index (χ3v) is 5.31. The molecule has 1 aliphatic rings. The average molecular weight is 302 g/mol. The maximum Gasteiger partial charge on any atom is 0.137 e. The Bertz CT molecular complexity index is 585. The average Bonchev–Trinajstić information content (AvgIpc) is 2.96. The number of nitrogens with one attached hydrogen (secondary N) is 1. The van der Waals surface area contributed by atoms with Gasteiger partial charge in [0.25, 0.3) is 0 Å². The standard InChI is InChI=1S/C17H22N2OS/c1-3-19-17(13-8-14(20-2)11-18-10-13)16-9-12-6-4-5-7-15(12)21-16/h8-11,17,19H,3-7H2,1-2H3. The fourth-order valence-electron chi connectivity index (χ4n) is 2.95. The maximum absolute atomic E-state index is 5.31. The fourth-order valence-corrected chi connectivity index (χ4v) is 4.31. The molecule has 3 nitrogen and oxygen atoms in total. The molecule has 0 amide bonds. The topological polar surface area (TPSA) is 34.2 Å². The molecule has 4 heteroatoms. The minimum absolute atomic E-state index is 0.216. The van der Waals surface area contributed by atoms with Crippen molar-refractivity contribution in [3.05, 3.63) is 45.4 Å². The van der Waals surface area contributed by atoms with Crippen molar-refractivity contribution in [1.29, 1.82) is 0 Å². The van der Waals surface area contributed by atoms with Gasteiger partial charge < -0.3 is 10.1 Å². The molecule has 0 radical (unpaired) electrons. The van der Waals surface area contributed by atoms with Gasteiger partial charge in [0.05, 0.1) is 19.3 Å². The summed E-state index contributed by atoms with van der Waals surface area (Å²) in [5, 5.41) is 3.59. The Labute approximate surface area is 130 Å². The first-order valence-corrected chi connectivity index (χ1v) is 8.47. The van der Waals surface area contributed by atoms with Crippen molar-refractivity contribution in [2.24, 2.45) is 0 Å². The summed E-state index contributed by atoms with van der Waals surface area (Å²) >= 11 is 1.96. The molecule has 0 aliphatic heterocycles. The summed E-state index contributed by atoms with van der Waals surface area (Å²) in [6.45, 7) is 3.08. The van der Waals surface area contributed by atoms with E-state index in [-0.39, 0.29) is 6.04 Å². The Hall–Kier alpha value is -1.39. The second-order valence-electron chi connectivity index (χ2n) is 5.45. The van der Waals surface area contributed by atoms with Crippen molar-refractivity contribution in [3.63, 3.8) is 0 Å². The summed E-state index contributed by atoms with van der Waals surface area (Å²) in [7, 11) is 1.69. The van der Waals surface area contributed by atoms with Crippen molar-refractivity contribution in [2.75, 3.05) is 13.7 Å². The van der Waals surface area contributed by atoms with Gasteiger partial charge in [-0.2, -0.15) is 0 Å². The van der Waals surface area contributed by atoms with E-state index in [1.54, 1.807) is 23.7 Å². The van der Waals surface area contributed by atoms with Gasteiger partial charge in [-0.15, -0.1) is 11.3 Å². The minimum Gasteiger partial charge on any atom is -0.495 e. The van der Waals surface area contributed by atoms with Crippen LogP contribution in [0.15, 0.2) is 24.5 Å². The summed E-state index contributed by atoms with van der Waals surface area (Å²) in [4.78, 5) is 7.29. The Kier molecular flexibility index (Phi) is 4.56. The van der Waals surface area contributed by atoms with Gasteiger partial charge in [-0.3, -0.25) is 4.98 Å². The number of methoxy groups -OCH3 is 1. The molecule has 0 saturated carbocycles. The molecule has 0 aromatic carbocycles. The quantitative estimate of drug-likeness (QED) is 0.914. The fraction of sp³-hybridized carbons (Fsp3) is 0.471. The summed E-state index contributed by atoms with van der Waals surface area (Å²) in [5.41, 5.74) is 2.73. The molecule has 0 bridgehead atoms. The summed E-state index contributed by atoms with van der Waals surface area (Å²) in [6.07, 6.45) is 8.84. The van der Waals surface area contributed by atoms with E-state index in [9.17, 15) is 0 Å². The highest BCUT2D eigenvalue weighted by Gasteiger charge is 2.20. The van der Waals surface area contributed by atoms with Crippen molar-refractivity contribution >= 4 is 11.3 Å². The predicted octanol–water partition coefficient (Wildman–Crippen LogP) is 3.73. The number of pyridine rings is 1. The Morgan fingerprint density at radius 2 is 2.14 bits per heavy atom. The van der Waals surface area contributed by atoms with E-state index in [1.807, 2.05) is 17.5 Å². The number of fused-ring (bicyclic) bond motifs is 1. The first-order chi connectivity index (χ1) is 10.3. The van der Waals surface area contributed by atoms with Crippen LogP contribution in [0, 0.1) is 0 Å². The van der Waals surface area contributed by atoms with Crippen LogP contribution in [0.1, 0.15) is 46.7 Å². The van der Waals surface area contributed by atoms with Crippen LogP contribution in [0.2, 0.25) is 0 Å². The van der Waals surface area contributed by atoms with Gasteiger partial charge >= 0.3 is 0 Å². The molecule has 0 fully saturated rings. The van der Waals surface area contributed by atoms with Gasteiger partial charge in [-0.25, -0.2) is 0 Å². The maximum atomic E-state index is 5.31. The highest BCUT2D eigenvalue weighted by atomic mass is 32.1. The molecule has 2 aromatic heterocycles. The zero-order valence-corrected chi connectivity index (χ0v) is 13.5. The van der Waals surface area contributed by atoms with Crippen LogP contribution in [-0.2, 0) is 12.8 Å². The lowest BCUT2D eigenvalue weighted by Gasteiger charge is -2.17. The number of ether oxygens (including phenoxy) is 1. The predicted molar refractivity (Wildman–Crippen MR) is 87.3 cm³/mol. The van der Waals surface area contributed by atoms with Crippen molar-refractivity contribution in [1.82, 2.24) is 10.3 Å². The SMILES string of the molecule is CCNC(c1cncc(OC)c1)c1cc2c(s1)CCCC2. The third-order valence-electron chi connectivity index (χ3n) is 4.01. The smallest absolute Gasteiger partial charge is 0.137 e. The van der Waals surface area contributed by atoms with Gasteiger partial charge in [0.2, 0.25) is 0 Å². The lowest BCUT2D eigenvalue weighted by molar-refractivity contribution is 0.411. The first kappa shape index (κ1) is 14.5. The molecule has 0 saturated heterocycles. The van der Waals surface area contributed by atoms with Crippen LogP contribution in [0.5, 0.6) is 5.75 Å². The molecular weight excluding hydrogens is 280 g/mol. The summed E-state index contributed by atoms with van der Waals surface area (Å²) in [5.74, 6) is 0.816. The highest BCUT2D eigenvalue weighted by Crippen LogP contribution is 2.35. The number of thiophene rings is 1. The third kappa shape index (κ3) is 3.11. The number of nitrogens with zero attached hydrogens (tertiary/aromatic N) is 1. The Balaban J connectivity index is 1.94. The van der Waals surface area contributed by atoms with Gasteiger partial charge in [0, 0.05) is 16.0 Å². The van der Waals surface area contributed by atoms with Crippen LogP contribution in [0.25, 0.3) is 0 Å². The number of rotatable bonds is 5. The molecule has 21 heavy (non-hydrogen) atoms. The van der Waals surface area contributed by atoms with Gasteiger partial charge in [-0.05, 0) is 55.5 Å². The van der Waals surface area contributed by atoms with Crippen LogP contribution < -0.4 is 10.1 Å². The van der Waals surface area contributed by atoms with Crippen LogP contribution in [0.4, 0.5) is 0 Å². The van der Waals surface area contributed by atoms with E-state index in [1.165, 1.54) is 36.1 Å². The van der Waals surface area contributed by atoms with E-state index < -0.39 is 0 Å². The van der Waals surface area contributed by atoms with Crippen LogP contribution >= 0.6 is 11.3 Å². The van der Waals surface area contributed by atoms with Gasteiger partial charge in [0.15, 0.2) is 0 Å². The monoisotopic (exact) mass is 302 g/mol. The van der Waals surface area contributed by atoms with Crippen molar-refractivity contribution in [3.8, 4) is 5.75 Å². The van der Waals surface area contributed by atoms with E-state index in [2.05, 4.69) is 29.4 Å². The van der Waals surface area contributed by atoms with Gasteiger partial charge in [0.1, 0.15) is 5.75 Å². The summed E-state index contributed by atoms with van der Waals surface area (Å²) < 4.78 is 5.31.